The highest BCUT2D eigenvalue weighted by Gasteiger charge is 2.42. The number of carbonyl (C=O) groups excluding carboxylic acids is 1. The molecular formula is C25H27F5O2. The highest BCUT2D eigenvalue weighted by Crippen LogP contribution is 2.30. The Kier molecular flexibility index (Phi) is 9.42. The molecule has 0 radical (unpaired) electrons. The van der Waals surface area contributed by atoms with E-state index in [2.05, 4.69) is 4.74 Å². The summed E-state index contributed by atoms with van der Waals surface area (Å²) in [4.78, 5) is 12.2. The molecule has 0 unspecified atom stereocenters. The summed E-state index contributed by atoms with van der Waals surface area (Å²) in [5.41, 5.74) is 0.745. The Bertz CT molecular complexity index is 899. The minimum Gasteiger partial charge on any atom is -0.449 e. The van der Waals surface area contributed by atoms with Crippen LogP contribution in [0.25, 0.3) is 11.7 Å². The Balaban J connectivity index is 2.11. The second-order valence-corrected chi connectivity index (χ2v) is 7.54. The first kappa shape index (κ1) is 25.6. The van der Waals surface area contributed by atoms with Gasteiger partial charge < -0.3 is 4.74 Å². The van der Waals surface area contributed by atoms with Crippen molar-refractivity contribution in [3.8, 4) is 0 Å². The first-order valence-corrected chi connectivity index (χ1v) is 10.7. The van der Waals surface area contributed by atoms with Crippen molar-refractivity contribution in [1.82, 2.24) is 0 Å². The Morgan fingerprint density at radius 3 is 1.78 bits per heavy atom. The number of ether oxygens (including phenoxy) is 1. The summed E-state index contributed by atoms with van der Waals surface area (Å²) in [5, 5.41) is 0. The zero-order chi connectivity index (χ0) is 23.7. The smallest absolute Gasteiger partial charge is 0.425 e. The molecule has 0 aliphatic heterocycles. The van der Waals surface area contributed by atoms with E-state index in [9.17, 15) is 26.7 Å². The molecule has 2 nitrogen and oxygen atoms in total. The Hall–Kier alpha value is -2.70. The first-order chi connectivity index (χ1) is 15.2. The molecule has 0 spiro atoms. The maximum absolute atomic E-state index is 14.5. The van der Waals surface area contributed by atoms with Crippen LogP contribution in [0.3, 0.4) is 0 Å². The van der Waals surface area contributed by atoms with Gasteiger partial charge in [-0.1, -0.05) is 69.5 Å². The van der Waals surface area contributed by atoms with Gasteiger partial charge in [-0.3, -0.25) is 0 Å². The van der Waals surface area contributed by atoms with Gasteiger partial charge in [-0.25, -0.2) is 13.6 Å². The van der Waals surface area contributed by atoms with Crippen molar-refractivity contribution < 1.29 is 31.5 Å². The third-order valence-electron chi connectivity index (χ3n) is 5.12. The minimum atomic E-state index is -4.67. The Labute approximate surface area is 185 Å². The molecule has 0 saturated carbocycles. The standard InChI is InChI=1S/C25H27F5O2/c1-3-5-6-7-8-21(25(28,29)30)32-24(31)20-15-13-19(14-16-20)23(27)22(26)18-11-9-17(4-2)10-12-18/h9-16,21H,3-8H2,1-2H3/t21-/m1/s1. The Morgan fingerprint density at radius 1 is 0.812 bits per heavy atom. The summed E-state index contributed by atoms with van der Waals surface area (Å²) in [6.45, 7) is 3.88. The zero-order valence-corrected chi connectivity index (χ0v) is 18.1. The van der Waals surface area contributed by atoms with Crippen LogP contribution < -0.4 is 0 Å². The minimum absolute atomic E-state index is 0.0688. The second-order valence-electron chi connectivity index (χ2n) is 7.54. The van der Waals surface area contributed by atoms with Crippen molar-refractivity contribution in [3.63, 3.8) is 0 Å². The molecule has 0 saturated heterocycles. The molecule has 32 heavy (non-hydrogen) atoms. The van der Waals surface area contributed by atoms with Gasteiger partial charge >= 0.3 is 12.1 Å². The first-order valence-electron chi connectivity index (χ1n) is 10.7. The van der Waals surface area contributed by atoms with Crippen LogP contribution in [-0.2, 0) is 11.2 Å². The monoisotopic (exact) mass is 454 g/mol. The number of rotatable bonds is 10. The molecular weight excluding hydrogens is 427 g/mol. The van der Waals surface area contributed by atoms with Crippen molar-refractivity contribution in [3.05, 3.63) is 70.8 Å². The van der Waals surface area contributed by atoms with Crippen molar-refractivity contribution in [2.24, 2.45) is 0 Å². The molecule has 0 aliphatic carbocycles. The van der Waals surface area contributed by atoms with Gasteiger partial charge in [0.2, 0.25) is 0 Å². The predicted molar refractivity (Wildman–Crippen MR) is 115 cm³/mol. The number of halogens is 5. The average Bonchev–Trinajstić information content (AvgIpc) is 2.79. The molecule has 0 bridgehead atoms. The summed E-state index contributed by atoms with van der Waals surface area (Å²) >= 11 is 0. The lowest BCUT2D eigenvalue weighted by Gasteiger charge is -2.20. The quantitative estimate of drug-likeness (QED) is 0.157. The fourth-order valence-electron chi connectivity index (χ4n) is 3.14. The molecule has 0 N–H and O–H groups in total. The van der Waals surface area contributed by atoms with Gasteiger partial charge in [0.15, 0.2) is 17.8 Å². The number of esters is 1. The normalized spacial score (nSPS) is 13.5. The van der Waals surface area contributed by atoms with Crippen molar-refractivity contribution in [2.45, 2.75) is 64.7 Å². The van der Waals surface area contributed by atoms with Gasteiger partial charge in [0.05, 0.1) is 5.56 Å². The van der Waals surface area contributed by atoms with Crippen LogP contribution in [-0.4, -0.2) is 18.2 Å². The predicted octanol–water partition coefficient (Wildman–Crippen LogP) is 8.07. The fraction of sp³-hybridized carbons (Fsp3) is 0.400. The third kappa shape index (κ3) is 7.18. The van der Waals surface area contributed by atoms with Gasteiger partial charge in [0, 0.05) is 11.1 Å². The van der Waals surface area contributed by atoms with E-state index in [0.717, 1.165) is 49.1 Å². The molecule has 0 aliphatic rings. The molecule has 174 valence electrons. The van der Waals surface area contributed by atoms with E-state index in [-0.39, 0.29) is 23.1 Å². The molecule has 7 heteroatoms. The summed E-state index contributed by atoms with van der Waals surface area (Å²) in [6.07, 6.45) is -3.84. The molecule has 0 aromatic heterocycles. The number of benzene rings is 2. The van der Waals surface area contributed by atoms with Crippen LogP contribution in [0.2, 0.25) is 0 Å². The van der Waals surface area contributed by atoms with Crippen LogP contribution in [0.5, 0.6) is 0 Å². The number of carbonyl (C=O) groups is 1. The van der Waals surface area contributed by atoms with Gasteiger partial charge in [-0.05, 0) is 37.0 Å². The van der Waals surface area contributed by atoms with Crippen LogP contribution >= 0.6 is 0 Å². The molecule has 0 amide bonds. The van der Waals surface area contributed by atoms with E-state index in [1.54, 1.807) is 12.1 Å². The summed E-state index contributed by atoms with van der Waals surface area (Å²) in [5.74, 6) is -3.35. The van der Waals surface area contributed by atoms with E-state index < -0.39 is 29.9 Å². The molecule has 0 heterocycles. The Morgan fingerprint density at radius 2 is 1.31 bits per heavy atom. The van der Waals surface area contributed by atoms with Crippen molar-refractivity contribution in [1.29, 1.82) is 0 Å². The third-order valence-corrected chi connectivity index (χ3v) is 5.12. The fourth-order valence-corrected chi connectivity index (χ4v) is 3.14. The number of hydrogen-bond donors (Lipinski definition) is 0. The summed E-state index contributed by atoms with van der Waals surface area (Å²) < 4.78 is 73.3. The van der Waals surface area contributed by atoms with Crippen molar-refractivity contribution in [2.75, 3.05) is 0 Å². The number of hydrogen-bond acceptors (Lipinski definition) is 2. The van der Waals surface area contributed by atoms with Gasteiger partial charge in [-0.15, -0.1) is 0 Å². The highest BCUT2D eigenvalue weighted by molar-refractivity contribution is 5.90. The average molecular weight is 454 g/mol. The SMILES string of the molecule is CCCCCC[C@@H](OC(=O)c1ccc(C(F)=C(F)c2ccc(CC)cc2)cc1)C(F)(F)F. The number of alkyl halides is 3. The van der Waals surface area contributed by atoms with Gasteiger partial charge in [-0.2, -0.15) is 13.2 Å². The van der Waals surface area contributed by atoms with Crippen LogP contribution in [0.15, 0.2) is 48.5 Å². The van der Waals surface area contributed by atoms with Crippen LogP contribution in [0.1, 0.15) is 73.0 Å². The van der Waals surface area contributed by atoms with Crippen LogP contribution in [0, 0.1) is 0 Å². The van der Waals surface area contributed by atoms with E-state index in [1.807, 2.05) is 13.8 Å². The number of aryl methyl sites for hydroxylation is 1. The summed E-state index contributed by atoms with van der Waals surface area (Å²) in [7, 11) is 0. The largest absolute Gasteiger partial charge is 0.449 e. The van der Waals surface area contributed by atoms with E-state index in [0.29, 0.717) is 12.8 Å². The molecule has 1 atom stereocenters. The van der Waals surface area contributed by atoms with E-state index >= 15 is 0 Å². The maximum Gasteiger partial charge on any atom is 0.425 e. The molecule has 0 fully saturated rings. The van der Waals surface area contributed by atoms with Crippen LogP contribution in [0.4, 0.5) is 22.0 Å². The lowest BCUT2D eigenvalue weighted by atomic mass is 10.1. The topological polar surface area (TPSA) is 26.3 Å². The lowest BCUT2D eigenvalue weighted by Crippen LogP contribution is -2.33. The summed E-state index contributed by atoms with van der Waals surface area (Å²) in [6, 6.07) is 10.8. The molecule has 2 rings (SSSR count). The lowest BCUT2D eigenvalue weighted by molar-refractivity contribution is -0.206. The van der Waals surface area contributed by atoms with Crippen molar-refractivity contribution >= 4 is 17.6 Å². The van der Waals surface area contributed by atoms with Gasteiger partial charge in [0.25, 0.3) is 0 Å². The van der Waals surface area contributed by atoms with Gasteiger partial charge in [0.1, 0.15) is 0 Å². The molecule has 2 aromatic rings. The molecule has 2 aromatic carbocycles. The second kappa shape index (κ2) is 11.8. The van der Waals surface area contributed by atoms with E-state index in [1.165, 1.54) is 12.1 Å². The number of unbranched alkanes of at least 4 members (excludes halogenated alkanes) is 3. The maximum atomic E-state index is 14.5. The zero-order valence-electron chi connectivity index (χ0n) is 18.1. The highest BCUT2D eigenvalue weighted by atomic mass is 19.4. The van der Waals surface area contributed by atoms with E-state index in [4.69, 9.17) is 0 Å².